The number of aromatic nitrogens is 4. The molecule has 146 valence electrons. The van der Waals surface area contributed by atoms with Crippen molar-refractivity contribution in [1.29, 1.82) is 0 Å². The first-order chi connectivity index (χ1) is 13.1. The van der Waals surface area contributed by atoms with Crippen LogP contribution in [0.2, 0.25) is 0 Å². The molecule has 10 heteroatoms. The molecule has 1 aromatic heterocycles. The zero-order chi connectivity index (χ0) is 19.1. The molecule has 3 rings (SSSR count). The Bertz CT molecular complexity index is 729. The maximum absolute atomic E-state index is 12.9. The quantitative estimate of drug-likeness (QED) is 0.754. The highest BCUT2D eigenvalue weighted by Crippen LogP contribution is 2.14. The molecule has 2 N–H and O–H groups in total. The first kappa shape index (κ1) is 19.2. The van der Waals surface area contributed by atoms with E-state index in [1.54, 1.807) is 11.8 Å². The van der Waals surface area contributed by atoms with Crippen molar-refractivity contribution in [3.63, 3.8) is 0 Å². The second-order valence-electron chi connectivity index (χ2n) is 6.47. The fraction of sp³-hybridized carbons (Fsp3) is 0.529. The van der Waals surface area contributed by atoms with Gasteiger partial charge in [0.25, 0.3) is 0 Å². The number of likely N-dealkylation sites (tertiary alicyclic amines) is 1. The number of nitrogens with one attached hydrogen (secondary N) is 2. The number of piperidine rings is 1. The summed E-state index contributed by atoms with van der Waals surface area (Å²) in [5, 5.41) is 17.5. The summed E-state index contributed by atoms with van der Waals surface area (Å²) in [6.45, 7) is 3.55. The number of benzene rings is 1. The second kappa shape index (κ2) is 9.38. The monoisotopic (exact) mass is 377 g/mol. The van der Waals surface area contributed by atoms with Crippen molar-refractivity contribution < 1.29 is 13.9 Å². The highest BCUT2D eigenvalue weighted by atomic mass is 19.1. The number of amides is 2. The molecule has 0 atom stereocenters. The highest BCUT2D eigenvalue weighted by Gasteiger charge is 2.22. The number of hydrogen-bond donors (Lipinski definition) is 2. The second-order valence-corrected chi connectivity index (χ2v) is 6.47. The van der Waals surface area contributed by atoms with Gasteiger partial charge < -0.3 is 15.4 Å². The zero-order valence-electron chi connectivity index (χ0n) is 15.3. The Hall–Kier alpha value is -2.59. The van der Waals surface area contributed by atoms with Gasteiger partial charge in [-0.2, -0.15) is 0 Å². The SMILES string of the molecule is COCCn1nnnc1CN1CCC(NC(=O)Nc2ccc(F)cc2)CC1. The van der Waals surface area contributed by atoms with Gasteiger partial charge in [-0.1, -0.05) is 0 Å². The van der Waals surface area contributed by atoms with Crippen LogP contribution in [0.25, 0.3) is 0 Å². The first-order valence-corrected chi connectivity index (χ1v) is 8.93. The molecule has 1 aromatic carbocycles. The van der Waals surface area contributed by atoms with Gasteiger partial charge in [0.2, 0.25) is 0 Å². The van der Waals surface area contributed by atoms with Crippen molar-refractivity contribution in [3.8, 4) is 0 Å². The molecular weight excluding hydrogens is 353 g/mol. The maximum atomic E-state index is 12.9. The highest BCUT2D eigenvalue weighted by molar-refractivity contribution is 5.89. The van der Waals surface area contributed by atoms with Crippen LogP contribution in [0.5, 0.6) is 0 Å². The normalized spacial score (nSPS) is 15.6. The smallest absolute Gasteiger partial charge is 0.319 e. The topological polar surface area (TPSA) is 97.2 Å². The average Bonchev–Trinajstić information content (AvgIpc) is 3.10. The molecule has 9 nitrogen and oxygen atoms in total. The standard InChI is InChI=1S/C17H24FN7O2/c1-27-11-10-25-16(21-22-23-25)12-24-8-6-15(7-9-24)20-17(26)19-14-4-2-13(18)3-5-14/h2-5,15H,6-12H2,1H3,(H2,19,20,26). The Balaban J connectivity index is 1.41. The maximum Gasteiger partial charge on any atom is 0.319 e. The van der Waals surface area contributed by atoms with Gasteiger partial charge in [-0.3, -0.25) is 4.90 Å². The van der Waals surface area contributed by atoms with Crippen LogP contribution in [0.3, 0.4) is 0 Å². The van der Waals surface area contributed by atoms with Gasteiger partial charge in [0, 0.05) is 31.9 Å². The van der Waals surface area contributed by atoms with Crippen molar-refractivity contribution in [3.05, 3.63) is 35.9 Å². The fourth-order valence-electron chi connectivity index (χ4n) is 3.01. The number of nitrogens with zero attached hydrogens (tertiary/aromatic N) is 5. The number of rotatable bonds is 7. The van der Waals surface area contributed by atoms with Crippen LogP contribution in [0.15, 0.2) is 24.3 Å². The molecule has 0 saturated carbocycles. The first-order valence-electron chi connectivity index (χ1n) is 8.93. The number of hydrogen-bond acceptors (Lipinski definition) is 6. The number of carbonyl (C=O) groups excluding carboxylic acids is 1. The van der Waals surface area contributed by atoms with Crippen molar-refractivity contribution in [2.45, 2.75) is 32.0 Å². The van der Waals surface area contributed by atoms with Gasteiger partial charge in [0.15, 0.2) is 5.82 Å². The van der Waals surface area contributed by atoms with Crippen LogP contribution in [0.4, 0.5) is 14.9 Å². The molecule has 2 amide bonds. The van der Waals surface area contributed by atoms with Crippen LogP contribution < -0.4 is 10.6 Å². The molecule has 1 aliphatic rings. The van der Waals surface area contributed by atoms with E-state index in [1.807, 2.05) is 0 Å². The van der Waals surface area contributed by atoms with E-state index >= 15 is 0 Å². The van der Waals surface area contributed by atoms with E-state index in [1.165, 1.54) is 24.3 Å². The third kappa shape index (κ3) is 5.69. The summed E-state index contributed by atoms with van der Waals surface area (Å²) in [6, 6.07) is 5.52. The van der Waals surface area contributed by atoms with Gasteiger partial charge in [-0.15, -0.1) is 5.10 Å². The summed E-state index contributed by atoms with van der Waals surface area (Å²) >= 11 is 0. The molecule has 0 unspecified atom stereocenters. The number of anilines is 1. The van der Waals surface area contributed by atoms with E-state index in [4.69, 9.17) is 4.74 Å². The molecule has 27 heavy (non-hydrogen) atoms. The molecule has 2 heterocycles. The summed E-state index contributed by atoms with van der Waals surface area (Å²) in [7, 11) is 1.65. The minimum Gasteiger partial charge on any atom is -0.383 e. The predicted octanol–water partition coefficient (Wildman–Crippen LogP) is 1.24. The Kier molecular flexibility index (Phi) is 6.66. The summed E-state index contributed by atoms with van der Waals surface area (Å²) in [4.78, 5) is 14.3. The molecule has 1 fully saturated rings. The largest absolute Gasteiger partial charge is 0.383 e. The van der Waals surface area contributed by atoms with E-state index < -0.39 is 0 Å². The van der Waals surface area contributed by atoms with Crippen molar-refractivity contribution >= 4 is 11.7 Å². The fourth-order valence-corrected chi connectivity index (χ4v) is 3.01. The average molecular weight is 377 g/mol. The lowest BCUT2D eigenvalue weighted by Gasteiger charge is -2.31. The molecule has 1 saturated heterocycles. The van der Waals surface area contributed by atoms with Gasteiger partial charge >= 0.3 is 6.03 Å². The number of tetrazole rings is 1. The third-order valence-electron chi connectivity index (χ3n) is 4.50. The predicted molar refractivity (Wildman–Crippen MR) is 96.5 cm³/mol. The van der Waals surface area contributed by atoms with Crippen molar-refractivity contribution in [2.75, 3.05) is 32.1 Å². The molecule has 0 radical (unpaired) electrons. The number of halogens is 1. The van der Waals surface area contributed by atoms with Gasteiger partial charge in [-0.05, 0) is 47.5 Å². The molecule has 0 bridgehead atoms. The number of carbonyl (C=O) groups is 1. The van der Waals surface area contributed by atoms with Crippen LogP contribution >= 0.6 is 0 Å². The van der Waals surface area contributed by atoms with Crippen LogP contribution in [-0.2, 0) is 17.8 Å². The Morgan fingerprint density at radius 1 is 1.30 bits per heavy atom. The molecule has 1 aliphatic heterocycles. The van der Waals surface area contributed by atoms with Crippen LogP contribution in [0, 0.1) is 5.82 Å². The number of methoxy groups -OCH3 is 1. The zero-order valence-corrected chi connectivity index (χ0v) is 15.3. The number of urea groups is 1. The van der Waals surface area contributed by atoms with Gasteiger partial charge in [0.1, 0.15) is 5.82 Å². The lowest BCUT2D eigenvalue weighted by atomic mass is 10.1. The van der Waals surface area contributed by atoms with Crippen molar-refractivity contribution in [1.82, 2.24) is 30.4 Å². The lowest BCUT2D eigenvalue weighted by molar-refractivity contribution is 0.170. The van der Waals surface area contributed by atoms with Crippen molar-refractivity contribution in [2.24, 2.45) is 0 Å². The summed E-state index contributed by atoms with van der Waals surface area (Å²) in [5.41, 5.74) is 0.564. The van der Waals surface area contributed by atoms with E-state index in [9.17, 15) is 9.18 Å². The Morgan fingerprint density at radius 2 is 2.04 bits per heavy atom. The minimum absolute atomic E-state index is 0.103. The summed E-state index contributed by atoms with van der Waals surface area (Å²) < 4.78 is 19.7. The van der Waals surface area contributed by atoms with E-state index in [0.717, 1.165) is 31.8 Å². The summed E-state index contributed by atoms with van der Waals surface area (Å²) in [6.07, 6.45) is 1.69. The molecular formula is C17H24FN7O2. The molecule has 0 aliphatic carbocycles. The third-order valence-corrected chi connectivity index (χ3v) is 4.50. The van der Waals surface area contributed by atoms with E-state index in [0.29, 0.717) is 25.4 Å². The van der Waals surface area contributed by atoms with Gasteiger partial charge in [-0.25, -0.2) is 13.9 Å². The van der Waals surface area contributed by atoms with Crippen LogP contribution in [0.1, 0.15) is 18.7 Å². The van der Waals surface area contributed by atoms with Gasteiger partial charge in [0.05, 0.1) is 19.7 Å². The number of ether oxygens (including phenoxy) is 1. The van der Waals surface area contributed by atoms with E-state index in [-0.39, 0.29) is 17.9 Å². The molecule has 0 spiro atoms. The summed E-state index contributed by atoms with van der Waals surface area (Å²) in [5.74, 6) is 0.481. The molecule has 2 aromatic rings. The van der Waals surface area contributed by atoms with Crippen LogP contribution in [-0.4, -0.2) is 64.0 Å². The minimum atomic E-state index is -0.332. The van der Waals surface area contributed by atoms with E-state index in [2.05, 4.69) is 31.1 Å². The lowest BCUT2D eigenvalue weighted by Crippen LogP contribution is -2.45. The Labute approximate surface area is 156 Å². The Morgan fingerprint density at radius 3 is 2.74 bits per heavy atom.